The molecule has 1 aromatic rings. The van der Waals surface area contributed by atoms with Crippen molar-refractivity contribution in [1.29, 1.82) is 0 Å². The molecule has 0 saturated carbocycles. The second-order valence-electron chi connectivity index (χ2n) is 3.57. The third-order valence-electron chi connectivity index (χ3n) is 2.74. The van der Waals surface area contributed by atoms with Crippen LogP contribution in [-0.4, -0.2) is 10.5 Å². The third kappa shape index (κ3) is 1.06. The lowest BCUT2D eigenvalue weighted by Crippen LogP contribution is -2.02. The van der Waals surface area contributed by atoms with E-state index in [0.29, 0.717) is 5.71 Å². The number of nitrogens with zero attached hydrogens (tertiary/aromatic N) is 2. The van der Waals surface area contributed by atoms with E-state index in [4.69, 9.17) is 5.53 Å². The molecule has 3 rings (SSSR count). The molecule has 2 aliphatic rings. The Morgan fingerprint density at radius 2 is 1.93 bits per heavy atom. The maximum atomic E-state index is 8.89. The lowest BCUT2D eigenvalue weighted by Gasteiger charge is -2.04. The number of benzene rings is 1. The number of allylic oxidation sites excluding steroid dienone is 5. The summed E-state index contributed by atoms with van der Waals surface area (Å²) in [6.07, 6.45) is 7.82. The van der Waals surface area contributed by atoms with Crippen LogP contribution in [0.2, 0.25) is 0 Å². The van der Waals surface area contributed by atoms with Gasteiger partial charge in [-0.1, -0.05) is 36.4 Å². The molecule has 70 valence electrons. The van der Waals surface area contributed by atoms with Crippen LogP contribution in [0.3, 0.4) is 0 Å². The van der Waals surface area contributed by atoms with Crippen LogP contribution in [-0.2, 0) is 0 Å². The molecule has 0 bridgehead atoms. The Labute approximate surface area is 87.5 Å². The number of hydrogen-bond donors (Lipinski definition) is 0. The molecule has 0 spiro atoms. The molecule has 0 N–H and O–H groups in total. The fourth-order valence-electron chi connectivity index (χ4n) is 2.05. The Morgan fingerprint density at radius 3 is 2.80 bits per heavy atom. The first-order valence-electron chi connectivity index (χ1n) is 4.82. The summed E-state index contributed by atoms with van der Waals surface area (Å²) < 4.78 is 0. The Morgan fingerprint density at radius 1 is 1.07 bits per heavy atom. The Kier molecular flexibility index (Phi) is 1.58. The summed E-state index contributed by atoms with van der Waals surface area (Å²) in [6.45, 7) is 0. The minimum atomic E-state index is 0.628. The van der Waals surface area contributed by atoms with Crippen molar-refractivity contribution in [3.05, 3.63) is 64.7 Å². The SMILES string of the molecule is [N-]=[N+]=C1C=CC=C2C1=Cc1ccccc12. The molecule has 2 aliphatic carbocycles. The summed E-state index contributed by atoms with van der Waals surface area (Å²) >= 11 is 0. The van der Waals surface area contributed by atoms with E-state index in [-0.39, 0.29) is 0 Å². The fourth-order valence-corrected chi connectivity index (χ4v) is 2.05. The molecule has 0 heterocycles. The predicted octanol–water partition coefficient (Wildman–Crippen LogP) is 2.71. The predicted molar refractivity (Wildman–Crippen MR) is 60.2 cm³/mol. The molecule has 2 nitrogen and oxygen atoms in total. The van der Waals surface area contributed by atoms with Crippen molar-refractivity contribution in [3.8, 4) is 0 Å². The average molecular weight is 192 g/mol. The van der Waals surface area contributed by atoms with E-state index in [9.17, 15) is 0 Å². The smallest absolute Gasteiger partial charge is 0.323 e. The van der Waals surface area contributed by atoms with Gasteiger partial charge >= 0.3 is 5.71 Å². The molecule has 0 amide bonds. The normalized spacial score (nSPS) is 16.4. The van der Waals surface area contributed by atoms with E-state index in [1.54, 1.807) is 6.08 Å². The van der Waals surface area contributed by atoms with E-state index >= 15 is 0 Å². The van der Waals surface area contributed by atoms with Crippen LogP contribution in [0.5, 0.6) is 0 Å². The molecule has 0 aromatic heterocycles. The Balaban J connectivity index is 2.29. The van der Waals surface area contributed by atoms with Crippen molar-refractivity contribution in [2.45, 2.75) is 0 Å². The molecule has 0 aliphatic heterocycles. The van der Waals surface area contributed by atoms with Gasteiger partial charge in [-0.2, -0.15) is 4.79 Å². The first-order valence-corrected chi connectivity index (χ1v) is 4.82. The first kappa shape index (κ1) is 8.16. The molecule has 0 saturated heterocycles. The minimum absolute atomic E-state index is 0.628. The van der Waals surface area contributed by atoms with Gasteiger partial charge in [0.05, 0.1) is 5.57 Å². The monoisotopic (exact) mass is 192 g/mol. The van der Waals surface area contributed by atoms with Gasteiger partial charge in [-0.05, 0) is 22.8 Å². The van der Waals surface area contributed by atoms with E-state index in [1.165, 1.54) is 11.1 Å². The van der Waals surface area contributed by atoms with Crippen LogP contribution < -0.4 is 0 Å². The van der Waals surface area contributed by atoms with Gasteiger partial charge in [-0.15, -0.1) is 0 Å². The minimum Gasteiger partial charge on any atom is -0.361 e. The van der Waals surface area contributed by atoms with Gasteiger partial charge in [0, 0.05) is 6.08 Å². The first-order chi connectivity index (χ1) is 7.40. The van der Waals surface area contributed by atoms with Gasteiger partial charge in [0.1, 0.15) is 0 Å². The highest BCUT2D eigenvalue weighted by Gasteiger charge is 2.26. The molecule has 0 atom stereocenters. The van der Waals surface area contributed by atoms with E-state index < -0.39 is 0 Å². The highest BCUT2D eigenvalue weighted by atomic mass is 14.9. The van der Waals surface area contributed by atoms with Gasteiger partial charge in [0.15, 0.2) is 0 Å². The number of fused-ring (bicyclic) bond motifs is 3. The van der Waals surface area contributed by atoms with Gasteiger partial charge in [-0.3, -0.25) is 0 Å². The molecule has 0 unspecified atom stereocenters. The van der Waals surface area contributed by atoms with Crippen LogP contribution >= 0.6 is 0 Å². The molecule has 0 radical (unpaired) electrons. The van der Waals surface area contributed by atoms with E-state index in [1.807, 2.05) is 24.3 Å². The van der Waals surface area contributed by atoms with Crippen LogP contribution in [0.15, 0.2) is 48.1 Å². The van der Waals surface area contributed by atoms with Crippen molar-refractivity contribution in [2.24, 2.45) is 0 Å². The summed E-state index contributed by atoms with van der Waals surface area (Å²) in [5.74, 6) is 0. The number of rotatable bonds is 0. The van der Waals surface area contributed by atoms with Gasteiger partial charge in [0.25, 0.3) is 0 Å². The Hall–Kier alpha value is -2.18. The van der Waals surface area contributed by atoms with Crippen LogP contribution in [0.25, 0.3) is 17.2 Å². The molecular weight excluding hydrogens is 184 g/mol. The average Bonchev–Trinajstić information content (AvgIpc) is 2.67. The highest BCUT2D eigenvalue weighted by molar-refractivity contribution is 6.23. The molecular formula is C13H8N2. The molecule has 15 heavy (non-hydrogen) atoms. The van der Waals surface area contributed by atoms with Crippen molar-refractivity contribution in [1.82, 2.24) is 0 Å². The summed E-state index contributed by atoms with van der Waals surface area (Å²) in [5, 5.41) is 0. The van der Waals surface area contributed by atoms with Crippen molar-refractivity contribution in [3.63, 3.8) is 0 Å². The second-order valence-corrected chi connectivity index (χ2v) is 3.57. The fraction of sp³-hybridized carbons (Fsp3) is 0. The topological polar surface area (TPSA) is 36.4 Å². The largest absolute Gasteiger partial charge is 0.361 e. The standard InChI is InChI=1S/C13H8N2/c14-15-13-7-3-6-11-10-5-2-1-4-9(10)8-12(11)13/h1-8H. The quantitative estimate of drug-likeness (QED) is 0.447. The van der Waals surface area contributed by atoms with Crippen LogP contribution in [0.1, 0.15) is 11.1 Å². The van der Waals surface area contributed by atoms with Crippen molar-refractivity contribution >= 4 is 17.4 Å². The maximum Gasteiger partial charge on any atom is 0.323 e. The van der Waals surface area contributed by atoms with Crippen molar-refractivity contribution < 1.29 is 4.79 Å². The van der Waals surface area contributed by atoms with Gasteiger partial charge in [-0.25, -0.2) is 0 Å². The van der Waals surface area contributed by atoms with E-state index in [2.05, 4.69) is 23.0 Å². The zero-order valence-corrected chi connectivity index (χ0v) is 8.01. The maximum absolute atomic E-state index is 8.89. The summed E-state index contributed by atoms with van der Waals surface area (Å²) in [5.41, 5.74) is 14.0. The molecule has 1 aromatic carbocycles. The third-order valence-corrected chi connectivity index (χ3v) is 2.74. The van der Waals surface area contributed by atoms with Crippen molar-refractivity contribution in [2.75, 3.05) is 0 Å². The van der Waals surface area contributed by atoms with Gasteiger partial charge < -0.3 is 5.53 Å². The highest BCUT2D eigenvalue weighted by Crippen LogP contribution is 2.37. The second kappa shape index (κ2) is 2.91. The summed E-state index contributed by atoms with van der Waals surface area (Å²) in [7, 11) is 0. The van der Waals surface area contributed by atoms with Crippen LogP contribution in [0, 0.1) is 0 Å². The zero-order valence-electron chi connectivity index (χ0n) is 8.01. The lowest BCUT2D eigenvalue weighted by molar-refractivity contribution is -0.00205. The zero-order chi connectivity index (χ0) is 10.3. The Bertz CT molecular complexity index is 582. The van der Waals surface area contributed by atoms with Crippen LogP contribution in [0.4, 0.5) is 0 Å². The summed E-state index contributed by atoms with van der Waals surface area (Å²) in [6, 6.07) is 8.18. The number of hydrogen-bond acceptors (Lipinski definition) is 0. The molecule has 0 fully saturated rings. The lowest BCUT2D eigenvalue weighted by atomic mass is 9.96. The summed E-state index contributed by atoms with van der Waals surface area (Å²) in [4.78, 5) is 3.29. The van der Waals surface area contributed by atoms with E-state index in [0.717, 1.165) is 11.1 Å². The van der Waals surface area contributed by atoms with Gasteiger partial charge in [0.2, 0.25) is 0 Å². The molecule has 2 heteroatoms.